The molecule has 2 amide bonds. The van der Waals surface area contributed by atoms with Crippen molar-refractivity contribution in [3.63, 3.8) is 0 Å². The lowest BCUT2D eigenvalue weighted by molar-refractivity contribution is 0.0847. The van der Waals surface area contributed by atoms with Gasteiger partial charge in [0.25, 0.3) is 21.8 Å². The molecule has 0 aliphatic rings. The van der Waals surface area contributed by atoms with Crippen molar-refractivity contribution < 1.29 is 27.5 Å². The van der Waals surface area contributed by atoms with Gasteiger partial charge < -0.3 is 9.47 Å². The van der Waals surface area contributed by atoms with Crippen molar-refractivity contribution in [1.29, 1.82) is 0 Å². The van der Waals surface area contributed by atoms with Crippen LogP contribution in [0.1, 0.15) is 20.7 Å². The van der Waals surface area contributed by atoms with Crippen LogP contribution in [0.15, 0.2) is 71.6 Å². The van der Waals surface area contributed by atoms with Gasteiger partial charge in [0.2, 0.25) is 0 Å². The predicted octanol–water partition coefficient (Wildman–Crippen LogP) is 3.23. The number of anilines is 1. The van der Waals surface area contributed by atoms with E-state index in [1.54, 1.807) is 18.2 Å². The Labute approximate surface area is 195 Å². The predicted molar refractivity (Wildman–Crippen MR) is 123 cm³/mol. The number of ether oxygens (including phenoxy) is 2. The highest BCUT2D eigenvalue weighted by atomic mass is 35.5. The van der Waals surface area contributed by atoms with Gasteiger partial charge >= 0.3 is 0 Å². The van der Waals surface area contributed by atoms with Crippen LogP contribution in [-0.4, -0.2) is 34.5 Å². The molecule has 172 valence electrons. The topological polar surface area (TPSA) is 123 Å². The number of halogens is 1. The fourth-order valence-electron chi connectivity index (χ4n) is 2.82. The van der Waals surface area contributed by atoms with Crippen molar-refractivity contribution in [3.05, 3.63) is 82.9 Å². The first-order valence-electron chi connectivity index (χ1n) is 9.45. The molecule has 0 aliphatic heterocycles. The summed E-state index contributed by atoms with van der Waals surface area (Å²) in [7, 11) is -1.07. The molecule has 0 spiro atoms. The number of carbonyl (C=O) groups excluding carboxylic acids is 2. The van der Waals surface area contributed by atoms with Crippen molar-refractivity contribution in [3.8, 4) is 11.5 Å². The Morgan fingerprint density at radius 1 is 0.818 bits per heavy atom. The third-order valence-corrected chi connectivity index (χ3v) is 6.11. The van der Waals surface area contributed by atoms with E-state index in [1.807, 2.05) is 0 Å². The van der Waals surface area contributed by atoms with Crippen molar-refractivity contribution in [2.75, 3.05) is 18.9 Å². The highest BCUT2D eigenvalue weighted by Crippen LogP contribution is 2.27. The minimum Gasteiger partial charge on any atom is -0.493 e. The minimum atomic E-state index is -3.98. The Morgan fingerprint density at radius 3 is 2.12 bits per heavy atom. The molecule has 0 heterocycles. The number of hydrogen-bond acceptors (Lipinski definition) is 6. The lowest BCUT2D eigenvalue weighted by Crippen LogP contribution is -2.41. The Balaban J connectivity index is 1.74. The molecule has 3 aromatic rings. The van der Waals surface area contributed by atoms with Gasteiger partial charge in [0.1, 0.15) is 0 Å². The number of sulfonamides is 1. The molecule has 11 heteroatoms. The molecular weight excluding hydrogens is 470 g/mol. The molecule has 0 unspecified atom stereocenters. The molecule has 0 saturated carbocycles. The van der Waals surface area contributed by atoms with Gasteiger partial charge in [-0.1, -0.05) is 23.7 Å². The first kappa shape index (κ1) is 23.9. The van der Waals surface area contributed by atoms with E-state index in [-0.39, 0.29) is 21.7 Å². The number of carbonyl (C=O) groups is 2. The van der Waals surface area contributed by atoms with Gasteiger partial charge in [-0.3, -0.25) is 25.2 Å². The number of para-hydroxylation sites is 1. The van der Waals surface area contributed by atoms with Gasteiger partial charge in [-0.25, -0.2) is 8.42 Å². The van der Waals surface area contributed by atoms with Crippen LogP contribution in [0, 0.1) is 0 Å². The van der Waals surface area contributed by atoms with E-state index in [4.69, 9.17) is 21.1 Å². The van der Waals surface area contributed by atoms with Crippen LogP contribution in [-0.2, 0) is 10.0 Å². The summed E-state index contributed by atoms with van der Waals surface area (Å²) in [4.78, 5) is 25.1. The van der Waals surface area contributed by atoms with Gasteiger partial charge in [-0.15, -0.1) is 0 Å². The third-order valence-electron chi connectivity index (χ3n) is 4.48. The van der Waals surface area contributed by atoms with Crippen molar-refractivity contribution >= 4 is 39.1 Å². The molecule has 0 bridgehead atoms. The SMILES string of the molecule is COc1ccc(C(=O)NNC(=O)c2ccccc2NS(=O)(=O)c2ccc(Cl)cc2)cc1OC. The fourth-order valence-corrected chi connectivity index (χ4v) is 4.02. The van der Waals surface area contributed by atoms with Gasteiger partial charge in [0, 0.05) is 10.6 Å². The monoisotopic (exact) mass is 489 g/mol. The van der Waals surface area contributed by atoms with Crippen molar-refractivity contribution in [1.82, 2.24) is 10.9 Å². The number of nitrogens with one attached hydrogen (secondary N) is 3. The molecule has 3 rings (SSSR count). The average molecular weight is 490 g/mol. The Bertz CT molecular complexity index is 1280. The molecule has 33 heavy (non-hydrogen) atoms. The lowest BCUT2D eigenvalue weighted by atomic mass is 10.2. The Hall–Kier alpha value is -3.76. The van der Waals surface area contributed by atoms with Crippen LogP contribution in [0.5, 0.6) is 11.5 Å². The summed E-state index contributed by atoms with van der Waals surface area (Å²) in [6, 6.07) is 16.0. The summed E-state index contributed by atoms with van der Waals surface area (Å²) in [5, 5.41) is 0.388. The molecule has 0 aromatic heterocycles. The summed E-state index contributed by atoms with van der Waals surface area (Å²) < 4.78 is 38.0. The van der Waals surface area contributed by atoms with E-state index in [0.717, 1.165) is 0 Å². The van der Waals surface area contributed by atoms with Crippen LogP contribution < -0.4 is 25.0 Å². The fraction of sp³-hybridized carbons (Fsp3) is 0.0909. The Kier molecular flexibility index (Phi) is 7.41. The van der Waals surface area contributed by atoms with Crippen LogP contribution in [0.25, 0.3) is 0 Å². The molecule has 0 atom stereocenters. The number of rotatable bonds is 7. The normalized spacial score (nSPS) is 10.8. The smallest absolute Gasteiger partial charge is 0.271 e. The van der Waals surface area contributed by atoms with E-state index in [9.17, 15) is 18.0 Å². The number of benzene rings is 3. The van der Waals surface area contributed by atoms with Crippen molar-refractivity contribution in [2.24, 2.45) is 0 Å². The molecule has 9 nitrogen and oxygen atoms in total. The summed E-state index contributed by atoms with van der Waals surface area (Å²) in [6.45, 7) is 0. The van der Waals surface area contributed by atoms with Gasteiger partial charge in [0.15, 0.2) is 11.5 Å². The van der Waals surface area contributed by atoms with Crippen LogP contribution in [0.3, 0.4) is 0 Å². The molecular formula is C22H20ClN3O6S. The van der Waals surface area contributed by atoms with Gasteiger partial charge in [-0.2, -0.15) is 0 Å². The summed E-state index contributed by atoms with van der Waals surface area (Å²) in [5.41, 5.74) is 4.81. The van der Waals surface area contributed by atoms with E-state index in [0.29, 0.717) is 16.5 Å². The molecule has 3 N–H and O–H groups in total. The first-order chi connectivity index (χ1) is 15.7. The van der Waals surface area contributed by atoms with Crippen LogP contribution in [0.4, 0.5) is 5.69 Å². The quantitative estimate of drug-likeness (QED) is 0.438. The van der Waals surface area contributed by atoms with E-state index in [2.05, 4.69) is 15.6 Å². The average Bonchev–Trinajstić information content (AvgIpc) is 2.82. The number of amides is 2. The van der Waals surface area contributed by atoms with Crippen LogP contribution in [0.2, 0.25) is 5.02 Å². The standard InChI is InChI=1S/C22H20ClN3O6S/c1-31-19-12-7-14(13-20(19)32-2)21(27)24-25-22(28)17-5-3-4-6-18(17)26-33(29,30)16-10-8-15(23)9-11-16/h3-13,26H,1-2H3,(H,24,27)(H,25,28). The zero-order chi connectivity index (χ0) is 24.0. The molecule has 0 saturated heterocycles. The second kappa shape index (κ2) is 10.2. The van der Waals surface area contributed by atoms with Crippen LogP contribution >= 0.6 is 11.6 Å². The molecule has 3 aromatic carbocycles. The molecule has 0 aliphatic carbocycles. The highest BCUT2D eigenvalue weighted by molar-refractivity contribution is 7.92. The largest absolute Gasteiger partial charge is 0.493 e. The second-order valence-corrected chi connectivity index (χ2v) is 8.70. The first-order valence-corrected chi connectivity index (χ1v) is 11.3. The third kappa shape index (κ3) is 5.73. The molecule has 0 fully saturated rings. The zero-order valence-electron chi connectivity index (χ0n) is 17.6. The zero-order valence-corrected chi connectivity index (χ0v) is 19.2. The minimum absolute atomic E-state index is 0.00245. The highest BCUT2D eigenvalue weighted by Gasteiger charge is 2.19. The number of hydrazine groups is 1. The number of hydrogen-bond donors (Lipinski definition) is 3. The van der Waals surface area contributed by atoms with E-state index in [1.165, 1.54) is 62.8 Å². The van der Waals surface area contributed by atoms with Gasteiger partial charge in [-0.05, 0) is 54.6 Å². The maximum atomic E-state index is 12.7. The van der Waals surface area contributed by atoms with Crippen molar-refractivity contribution in [2.45, 2.75) is 4.90 Å². The molecule has 0 radical (unpaired) electrons. The maximum Gasteiger partial charge on any atom is 0.271 e. The Morgan fingerprint density at radius 2 is 1.45 bits per heavy atom. The summed E-state index contributed by atoms with van der Waals surface area (Å²) in [5.74, 6) is -0.542. The lowest BCUT2D eigenvalue weighted by Gasteiger charge is -2.14. The van der Waals surface area contributed by atoms with E-state index >= 15 is 0 Å². The van der Waals surface area contributed by atoms with E-state index < -0.39 is 21.8 Å². The maximum absolute atomic E-state index is 12.7. The summed E-state index contributed by atoms with van der Waals surface area (Å²) >= 11 is 5.81. The number of methoxy groups -OCH3 is 2. The second-order valence-electron chi connectivity index (χ2n) is 6.58. The summed E-state index contributed by atoms with van der Waals surface area (Å²) in [6.07, 6.45) is 0. The van der Waals surface area contributed by atoms with Gasteiger partial charge in [0.05, 0.1) is 30.4 Å².